The molecular formula is C20H18ClN3O2. The van der Waals surface area contributed by atoms with E-state index >= 15 is 0 Å². The van der Waals surface area contributed by atoms with Crippen molar-refractivity contribution in [1.29, 1.82) is 0 Å². The molecule has 6 heteroatoms. The van der Waals surface area contributed by atoms with E-state index in [-0.39, 0.29) is 12.5 Å². The molecule has 0 unspecified atom stereocenters. The summed E-state index contributed by atoms with van der Waals surface area (Å²) in [5.74, 6) is 0.714. The standard InChI is InChI=1S/C20H18ClN3O2/c1-3-12-24(20(25)17-7-5-4-6-14(17)2)13-18-22-19(23-26-18)15-8-10-16(21)11-9-15/h3-11H,1,12-13H2,2H3. The quantitative estimate of drug-likeness (QED) is 0.601. The summed E-state index contributed by atoms with van der Waals surface area (Å²) >= 11 is 5.90. The van der Waals surface area contributed by atoms with Crippen LogP contribution in [0.15, 0.2) is 65.7 Å². The lowest BCUT2D eigenvalue weighted by Gasteiger charge is -2.20. The molecule has 5 nitrogen and oxygen atoms in total. The molecular weight excluding hydrogens is 350 g/mol. The van der Waals surface area contributed by atoms with Gasteiger partial charge < -0.3 is 9.42 Å². The smallest absolute Gasteiger partial charge is 0.254 e. The summed E-state index contributed by atoms with van der Waals surface area (Å²) in [4.78, 5) is 18.8. The van der Waals surface area contributed by atoms with Gasteiger partial charge in [0.15, 0.2) is 0 Å². The van der Waals surface area contributed by atoms with Gasteiger partial charge in [-0.1, -0.05) is 41.0 Å². The first-order valence-corrected chi connectivity index (χ1v) is 8.50. The molecule has 0 fully saturated rings. The largest absolute Gasteiger partial charge is 0.337 e. The van der Waals surface area contributed by atoms with Gasteiger partial charge in [0.05, 0.1) is 0 Å². The van der Waals surface area contributed by atoms with Gasteiger partial charge in [-0.15, -0.1) is 6.58 Å². The average Bonchev–Trinajstić information content (AvgIpc) is 3.10. The highest BCUT2D eigenvalue weighted by atomic mass is 35.5. The molecule has 1 amide bonds. The van der Waals surface area contributed by atoms with Crippen LogP contribution in [0.3, 0.4) is 0 Å². The number of carbonyl (C=O) groups is 1. The van der Waals surface area contributed by atoms with Gasteiger partial charge in [-0.3, -0.25) is 4.79 Å². The van der Waals surface area contributed by atoms with Gasteiger partial charge in [0.1, 0.15) is 6.54 Å². The molecule has 0 saturated carbocycles. The first-order chi connectivity index (χ1) is 12.6. The maximum Gasteiger partial charge on any atom is 0.254 e. The summed E-state index contributed by atoms with van der Waals surface area (Å²) in [6.45, 7) is 6.22. The van der Waals surface area contributed by atoms with Crippen molar-refractivity contribution >= 4 is 17.5 Å². The second kappa shape index (κ2) is 7.97. The molecule has 132 valence electrons. The Kier molecular flexibility index (Phi) is 5.49. The molecule has 0 aliphatic heterocycles. The van der Waals surface area contributed by atoms with Crippen molar-refractivity contribution in [3.8, 4) is 11.4 Å². The summed E-state index contributed by atoms with van der Waals surface area (Å²) in [6, 6.07) is 14.6. The first-order valence-electron chi connectivity index (χ1n) is 8.13. The highest BCUT2D eigenvalue weighted by Crippen LogP contribution is 2.20. The zero-order valence-electron chi connectivity index (χ0n) is 14.4. The number of hydrogen-bond acceptors (Lipinski definition) is 4. The van der Waals surface area contributed by atoms with Gasteiger partial charge in [0.25, 0.3) is 5.91 Å². The molecule has 0 aliphatic rings. The van der Waals surface area contributed by atoms with Crippen LogP contribution in [0.1, 0.15) is 21.8 Å². The van der Waals surface area contributed by atoms with Crippen LogP contribution in [-0.2, 0) is 6.54 Å². The molecule has 26 heavy (non-hydrogen) atoms. The van der Waals surface area contributed by atoms with Crippen molar-refractivity contribution in [2.45, 2.75) is 13.5 Å². The number of benzene rings is 2. The lowest BCUT2D eigenvalue weighted by atomic mass is 10.1. The third kappa shape index (κ3) is 4.00. The van der Waals surface area contributed by atoms with E-state index < -0.39 is 0 Å². The SMILES string of the molecule is C=CCN(Cc1nc(-c2ccc(Cl)cc2)no1)C(=O)c1ccccc1C. The van der Waals surface area contributed by atoms with Crippen LogP contribution in [0.5, 0.6) is 0 Å². The van der Waals surface area contributed by atoms with Crippen LogP contribution in [0.25, 0.3) is 11.4 Å². The van der Waals surface area contributed by atoms with Gasteiger partial charge in [0, 0.05) is 22.7 Å². The summed E-state index contributed by atoms with van der Waals surface area (Å²) in [5, 5.41) is 4.62. The number of amides is 1. The van der Waals surface area contributed by atoms with Gasteiger partial charge in [-0.05, 0) is 42.8 Å². The molecule has 0 atom stereocenters. The maximum atomic E-state index is 12.8. The van der Waals surface area contributed by atoms with E-state index in [4.69, 9.17) is 16.1 Å². The number of aromatic nitrogens is 2. The lowest BCUT2D eigenvalue weighted by Crippen LogP contribution is -2.31. The van der Waals surface area contributed by atoms with E-state index in [1.54, 1.807) is 29.2 Å². The second-order valence-corrected chi connectivity index (χ2v) is 6.24. The fourth-order valence-electron chi connectivity index (χ4n) is 2.56. The summed E-state index contributed by atoms with van der Waals surface area (Å²) in [5.41, 5.74) is 2.36. The van der Waals surface area contributed by atoms with Crippen LogP contribution >= 0.6 is 11.6 Å². The zero-order valence-corrected chi connectivity index (χ0v) is 15.1. The molecule has 0 spiro atoms. The lowest BCUT2D eigenvalue weighted by molar-refractivity contribution is 0.0744. The Morgan fingerprint density at radius 3 is 2.65 bits per heavy atom. The van der Waals surface area contributed by atoms with Gasteiger partial charge in [-0.2, -0.15) is 4.98 Å². The van der Waals surface area contributed by atoms with Crippen molar-refractivity contribution < 1.29 is 9.32 Å². The number of halogens is 1. The number of carbonyl (C=O) groups excluding carboxylic acids is 1. The Morgan fingerprint density at radius 2 is 1.96 bits per heavy atom. The van der Waals surface area contributed by atoms with Gasteiger partial charge in [0.2, 0.25) is 11.7 Å². The van der Waals surface area contributed by atoms with Crippen LogP contribution in [0.4, 0.5) is 0 Å². The molecule has 0 bridgehead atoms. The van der Waals surface area contributed by atoms with Crippen molar-refractivity contribution in [3.05, 3.63) is 83.2 Å². The Labute approximate surface area is 156 Å². The Hall–Kier alpha value is -2.92. The minimum Gasteiger partial charge on any atom is -0.337 e. The Balaban J connectivity index is 1.80. The summed E-state index contributed by atoms with van der Waals surface area (Å²) < 4.78 is 5.32. The number of nitrogens with zero attached hydrogens (tertiary/aromatic N) is 3. The third-order valence-corrected chi connectivity index (χ3v) is 4.16. The predicted octanol–water partition coefficient (Wildman–Crippen LogP) is 4.53. The van der Waals surface area contributed by atoms with Gasteiger partial charge >= 0.3 is 0 Å². The minimum absolute atomic E-state index is 0.103. The minimum atomic E-state index is -0.103. The van der Waals surface area contributed by atoms with E-state index in [0.717, 1.165) is 11.1 Å². The van der Waals surface area contributed by atoms with Crippen molar-refractivity contribution in [2.75, 3.05) is 6.54 Å². The molecule has 0 N–H and O–H groups in total. The first kappa shape index (κ1) is 17.9. The highest BCUT2D eigenvalue weighted by Gasteiger charge is 2.19. The van der Waals surface area contributed by atoms with Crippen molar-refractivity contribution in [3.63, 3.8) is 0 Å². The third-order valence-electron chi connectivity index (χ3n) is 3.91. The van der Waals surface area contributed by atoms with E-state index in [2.05, 4.69) is 16.7 Å². The van der Waals surface area contributed by atoms with Crippen molar-refractivity contribution in [1.82, 2.24) is 15.0 Å². The van der Waals surface area contributed by atoms with E-state index in [9.17, 15) is 4.79 Å². The van der Waals surface area contributed by atoms with Crippen LogP contribution < -0.4 is 0 Å². The fourth-order valence-corrected chi connectivity index (χ4v) is 2.68. The highest BCUT2D eigenvalue weighted by molar-refractivity contribution is 6.30. The van der Waals surface area contributed by atoms with E-state index in [0.29, 0.717) is 28.8 Å². The second-order valence-electron chi connectivity index (χ2n) is 5.81. The van der Waals surface area contributed by atoms with Crippen LogP contribution in [0, 0.1) is 6.92 Å². The van der Waals surface area contributed by atoms with Gasteiger partial charge in [-0.25, -0.2) is 0 Å². The fraction of sp³-hybridized carbons (Fsp3) is 0.150. The molecule has 1 heterocycles. The Morgan fingerprint density at radius 1 is 1.23 bits per heavy atom. The topological polar surface area (TPSA) is 59.2 Å². The predicted molar refractivity (Wildman–Crippen MR) is 101 cm³/mol. The number of aryl methyl sites for hydroxylation is 1. The molecule has 0 radical (unpaired) electrons. The normalized spacial score (nSPS) is 10.5. The van der Waals surface area contributed by atoms with E-state index in [1.165, 1.54) is 0 Å². The average molecular weight is 368 g/mol. The van der Waals surface area contributed by atoms with E-state index in [1.807, 2.05) is 37.3 Å². The molecule has 3 aromatic rings. The number of rotatable bonds is 6. The number of hydrogen-bond donors (Lipinski definition) is 0. The van der Waals surface area contributed by atoms with Crippen LogP contribution in [-0.4, -0.2) is 27.5 Å². The molecule has 0 saturated heterocycles. The molecule has 0 aliphatic carbocycles. The monoisotopic (exact) mass is 367 g/mol. The van der Waals surface area contributed by atoms with Crippen LogP contribution in [0.2, 0.25) is 5.02 Å². The zero-order chi connectivity index (χ0) is 18.5. The Bertz CT molecular complexity index is 919. The maximum absolute atomic E-state index is 12.8. The molecule has 2 aromatic carbocycles. The molecule has 1 aromatic heterocycles. The summed E-state index contributed by atoms with van der Waals surface area (Å²) in [6.07, 6.45) is 1.67. The van der Waals surface area contributed by atoms with Crippen molar-refractivity contribution in [2.24, 2.45) is 0 Å². The summed E-state index contributed by atoms with van der Waals surface area (Å²) in [7, 11) is 0. The molecule has 3 rings (SSSR count).